The molecular weight excluding hydrogens is 352 g/mol. The number of rotatable bonds is 4. The van der Waals surface area contributed by atoms with Crippen molar-refractivity contribution in [1.29, 1.82) is 0 Å². The molecule has 24 heavy (non-hydrogen) atoms. The average Bonchev–Trinajstić information content (AvgIpc) is 2.93. The third kappa shape index (κ3) is 3.49. The molecule has 0 saturated carbocycles. The van der Waals surface area contributed by atoms with E-state index in [0.29, 0.717) is 0 Å². The molecule has 0 N–H and O–H groups in total. The second-order valence-corrected chi connectivity index (χ2v) is 8.71. The van der Waals surface area contributed by atoms with Crippen LogP contribution < -0.4 is 0 Å². The first-order valence-corrected chi connectivity index (χ1v) is 9.71. The van der Waals surface area contributed by atoms with Crippen LogP contribution in [0.4, 0.5) is 0 Å². The van der Waals surface area contributed by atoms with Crippen LogP contribution in [0.3, 0.4) is 0 Å². The standard InChI is InChI=1S/C16H22O6S2/c1-9-5-7-11(8-6-9)24(17,18)22-10(2)12-13-14(15(23)19-12)21-16(3,4)20-13/h5-8,10,12-15,23H,1-4H3/t10-,12+,13?,14-,15-/m0/s1. The minimum absolute atomic E-state index is 0.112. The summed E-state index contributed by atoms with van der Waals surface area (Å²) in [6.07, 6.45) is -2.11. The van der Waals surface area contributed by atoms with E-state index in [0.717, 1.165) is 5.56 Å². The number of hydrogen-bond acceptors (Lipinski definition) is 7. The number of hydrogen-bond donors (Lipinski definition) is 1. The number of ether oxygens (including phenoxy) is 3. The zero-order chi connectivity index (χ0) is 17.7. The topological polar surface area (TPSA) is 71.1 Å². The maximum atomic E-state index is 12.4. The Bertz CT molecular complexity index is 700. The lowest BCUT2D eigenvalue weighted by Crippen LogP contribution is -2.39. The van der Waals surface area contributed by atoms with Crippen molar-refractivity contribution in [3.8, 4) is 0 Å². The Morgan fingerprint density at radius 2 is 1.75 bits per heavy atom. The molecule has 2 aliphatic heterocycles. The van der Waals surface area contributed by atoms with E-state index < -0.39 is 39.7 Å². The van der Waals surface area contributed by atoms with Crippen LogP contribution in [-0.4, -0.2) is 44.1 Å². The van der Waals surface area contributed by atoms with E-state index >= 15 is 0 Å². The largest absolute Gasteiger partial charge is 0.356 e. The summed E-state index contributed by atoms with van der Waals surface area (Å²) in [6.45, 7) is 7.14. The molecule has 1 aromatic carbocycles. The predicted molar refractivity (Wildman–Crippen MR) is 90.4 cm³/mol. The molecule has 2 aliphatic rings. The molecule has 6 nitrogen and oxygen atoms in total. The highest BCUT2D eigenvalue weighted by Crippen LogP contribution is 2.41. The van der Waals surface area contributed by atoms with E-state index in [-0.39, 0.29) is 11.0 Å². The van der Waals surface area contributed by atoms with Crippen LogP contribution in [-0.2, 0) is 28.5 Å². The second-order valence-electron chi connectivity index (χ2n) is 6.62. The summed E-state index contributed by atoms with van der Waals surface area (Å²) in [6, 6.07) is 6.50. The van der Waals surface area contributed by atoms with Crippen molar-refractivity contribution in [3.63, 3.8) is 0 Å². The molecule has 2 saturated heterocycles. The zero-order valence-corrected chi connectivity index (χ0v) is 15.7. The van der Waals surface area contributed by atoms with Gasteiger partial charge in [-0.15, -0.1) is 12.6 Å². The molecule has 0 amide bonds. The van der Waals surface area contributed by atoms with Gasteiger partial charge >= 0.3 is 0 Å². The fraction of sp³-hybridized carbons (Fsp3) is 0.625. The highest BCUT2D eigenvalue weighted by molar-refractivity contribution is 7.86. The third-order valence-electron chi connectivity index (χ3n) is 4.12. The van der Waals surface area contributed by atoms with Crippen LogP contribution in [0.1, 0.15) is 26.3 Å². The molecule has 0 bridgehead atoms. The Balaban J connectivity index is 1.75. The summed E-state index contributed by atoms with van der Waals surface area (Å²) >= 11 is 4.36. The minimum atomic E-state index is -3.89. The maximum absolute atomic E-state index is 12.4. The highest BCUT2D eigenvalue weighted by Gasteiger charge is 2.56. The molecular formula is C16H22O6S2. The summed E-state index contributed by atoms with van der Waals surface area (Å²) in [5, 5.41) is 0. The van der Waals surface area contributed by atoms with E-state index in [1.54, 1.807) is 32.9 Å². The summed E-state index contributed by atoms with van der Waals surface area (Å²) in [4.78, 5) is 0.112. The van der Waals surface area contributed by atoms with Gasteiger partial charge in [0.15, 0.2) is 5.79 Å². The number of benzene rings is 1. The Hall–Kier alpha value is -0.640. The van der Waals surface area contributed by atoms with Crippen LogP contribution in [0, 0.1) is 6.92 Å². The molecule has 3 rings (SSSR count). The van der Waals surface area contributed by atoms with Gasteiger partial charge in [-0.25, -0.2) is 0 Å². The van der Waals surface area contributed by atoms with Crippen LogP contribution in [0.2, 0.25) is 0 Å². The van der Waals surface area contributed by atoms with Gasteiger partial charge in [0.05, 0.1) is 4.90 Å². The van der Waals surface area contributed by atoms with Crippen LogP contribution in [0.25, 0.3) is 0 Å². The van der Waals surface area contributed by atoms with Gasteiger partial charge in [0, 0.05) is 0 Å². The second kappa shape index (κ2) is 6.26. The molecule has 2 fully saturated rings. The lowest BCUT2D eigenvalue weighted by molar-refractivity contribution is -0.185. The quantitative estimate of drug-likeness (QED) is 0.644. The molecule has 0 aliphatic carbocycles. The first-order chi connectivity index (χ1) is 11.1. The molecule has 0 spiro atoms. The monoisotopic (exact) mass is 374 g/mol. The van der Waals surface area contributed by atoms with Gasteiger partial charge in [-0.2, -0.15) is 8.42 Å². The normalized spacial score (nSPS) is 33.4. The Kier molecular flexibility index (Phi) is 4.74. The first kappa shape index (κ1) is 18.2. The summed E-state index contributed by atoms with van der Waals surface area (Å²) in [7, 11) is -3.89. The fourth-order valence-electron chi connectivity index (χ4n) is 3.00. The summed E-state index contributed by atoms with van der Waals surface area (Å²) in [5.41, 5.74) is 0.482. The number of fused-ring (bicyclic) bond motifs is 1. The van der Waals surface area contributed by atoms with Crippen molar-refractivity contribution in [2.24, 2.45) is 0 Å². The van der Waals surface area contributed by atoms with Crippen molar-refractivity contribution in [2.75, 3.05) is 0 Å². The summed E-state index contributed by atoms with van der Waals surface area (Å²) in [5.74, 6) is -0.756. The molecule has 5 atom stereocenters. The zero-order valence-electron chi connectivity index (χ0n) is 14.0. The smallest absolute Gasteiger partial charge is 0.297 e. The molecule has 1 aromatic rings. The lowest BCUT2D eigenvalue weighted by atomic mass is 10.1. The fourth-order valence-corrected chi connectivity index (χ4v) is 4.46. The van der Waals surface area contributed by atoms with Crippen molar-refractivity contribution < 1.29 is 26.8 Å². The Morgan fingerprint density at radius 1 is 1.17 bits per heavy atom. The van der Waals surface area contributed by atoms with Crippen LogP contribution in [0.15, 0.2) is 29.2 Å². The number of aryl methyl sites for hydroxylation is 1. The van der Waals surface area contributed by atoms with Gasteiger partial charge < -0.3 is 14.2 Å². The van der Waals surface area contributed by atoms with Gasteiger partial charge in [0.2, 0.25) is 0 Å². The van der Waals surface area contributed by atoms with Gasteiger partial charge in [-0.1, -0.05) is 17.7 Å². The van der Waals surface area contributed by atoms with Gasteiger partial charge in [0.25, 0.3) is 10.1 Å². The third-order valence-corrected chi connectivity index (χ3v) is 5.94. The van der Waals surface area contributed by atoms with Crippen molar-refractivity contribution in [1.82, 2.24) is 0 Å². The lowest BCUT2D eigenvalue weighted by Gasteiger charge is -2.26. The van der Waals surface area contributed by atoms with E-state index in [1.807, 2.05) is 6.92 Å². The maximum Gasteiger partial charge on any atom is 0.297 e. The van der Waals surface area contributed by atoms with E-state index in [9.17, 15) is 8.42 Å². The van der Waals surface area contributed by atoms with E-state index in [4.69, 9.17) is 18.4 Å². The average molecular weight is 374 g/mol. The van der Waals surface area contributed by atoms with E-state index in [2.05, 4.69) is 12.6 Å². The van der Waals surface area contributed by atoms with Crippen molar-refractivity contribution >= 4 is 22.7 Å². The highest BCUT2D eigenvalue weighted by atomic mass is 32.2. The first-order valence-electron chi connectivity index (χ1n) is 7.78. The molecule has 134 valence electrons. The van der Waals surface area contributed by atoms with Gasteiger partial charge in [-0.3, -0.25) is 4.18 Å². The van der Waals surface area contributed by atoms with Crippen molar-refractivity contribution in [3.05, 3.63) is 29.8 Å². The summed E-state index contributed by atoms with van der Waals surface area (Å²) < 4.78 is 47.6. The minimum Gasteiger partial charge on any atom is -0.356 e. The molecule has 2 heterocycles. The number of thiol groups is 1. The van der Waals surface area contributed by atoms with Crippen molar-refractivity contribution in [2.45, 2.75) is 68.2 Å². The Morgan fingerprint density at radius 3 is 2.38 bits per heavy atom. The molecule has 1 unspecified atom stereocenters. The van der Waals surface area contributed by atoms with Gasteiger partial charge in [-0.05, 0) is 39.8 Å². The SMILES string of the molecule is Cc1ccc(S(=O)(=O)O[C@@H](C)[C@H]2O[C@@H](S)[C@H]3OC(C)(C)OC23)cc1. The molecule has 0 aromatic heterocycles. The van der Waals surface area contributed by atoms with E-state index in [1.165, 1.54) is 12.1 Å². The van der Waals surface area contributed by atoms with Crippen LogP contribution >= 0.6 is 12.6 Å². The van der Waals surface area contributed by atoms with Gasteiger partial charge in [0.1, 0.15) is 29.9 Å². The molecule has 0 radical (unpaired) electrons. The Labute approximate surface area is 148 Å². The predicted octanol–water partition coefficient (Wildman–Crippen LogP) is 2.26. The van der Waals surface area contributed by atoms with Crippen LogP contribution in [0.5, 0.6) is 0 Å². The molecule has 8 heteroatoms.